The lowest BCUT2D eigenvalue weighted by atomic mass is 9.96. The van der Waals surface area contributed by atoms with Crippen molar-refractivity contribution in [3.63, 3.8) is 0 Å². The summed E-state index contributed by atoms with van der Waals surface area (Å²) in [5.74, 6) is 0. The number of hydrogen-bond acceptors (Lipinski definition) is 1. The molecule has 0 atom stereocenters. The maximum Gasteiger partial charge on any atom is 0.0214 e. The first-order valence-electron chi connectivity index (χ1n) is 7.67. The molecule has 1 nitrogen and oxygen atoms in total. The highest BCUT2D eigenvalue weighted by Gasteiger charge is 2.12. The molecule has 20 heavy (non-hydrogen) atoms. The molecule has 0 unspecified atom stereocenters. The van der Waals surface area contributed by atoms with Crippen LogP contribution in [0.2, 0.25) is 0 Å². The van der Waals surface area contributed by atoms with Gasteiger partial charge in [-0.3, -0.25) is 0 Å². The lowest BCUT2D eigenvalue weighted by Crippen LogP contribution is -2.22. The van der Waals surface area contributed by atoms with Crippen molar-refractivity contribution in [3.05, 3.63) is 59.2 Å². The smallest absolute Gasteiger partial charge is 0.0214 e. The van der Waals surface area contributed by atoms with Gasteiger partial charge in [0, 0.05) is 12.6 Å². The minimum Gasteiger partial charge on any atom is -0.310 e. The Morgan fingerprint density at radius 1 is 1.00 bits per heavy atom. The van der Waals surface area contributed by atoms with Gasteiger partial charge in [0.25, 0.3) is 0 Å². The number of benzene rings is 2. The SMILES string of the molecule is CC(C)NCc1ccccc1-c1ccc2c(c1)CCC2. The molecule has 2 aromatic carbocycles. The van der Waals surface area contributed by atoms with Crippen LogP contribution in [0.25, 0.3) is 11.1 Å². The zero-order chi connectivity index (χ0) is 13.9. The molecule has 0 aromatic heterocycles. The van der Waals surface area contributed by atoms with Crippen molar-refractivity contribution in [1.29, 1.82) is 0 Å². The molecule has 1 aliphatic rings. The van der Waals surface area contributed by atoms with E-state index in [1.807, 2.05) is 0 Å². The van der Waals surface area contributed by atoms with Gasteiger partial charge in [-0.25, -0.2) is 0 Å². The van der Waals surface area contributed by atoms with E-state index < -0.39 is 0 Å². The van der Waals surface area contributed by atoms with Gasteiger partial charge in [0.1, 0.15) is 0 Å². The molecule has 0 bridgehead atoms. The third-order valence-corrected chi connectivity index (χ3v) is 4.13. The van der Waals surface area contributed by atoms with Gasteiger partial charge in [0.2, 0.25) is 0 Å². The minimum absolute atomic E-state index is 0.517. The molecule has 0 aliphatic heterocycles. The van der Waals surface area contributed by atoms with Gasteiger partial charge in [-0.15, -0.1) is 0 Å². The molecule has 1 heteroatoms. The zero-order valence-electron chi connectivity index (χ0n) is 12.4. The molecule has 0 amide bonds. The molecule has 1 aliphatic carbocycles. The van der Waals surface area contributed by atoms with E-state index in [0.717, 1.165) is 6.54 Å². The molecule has 0 heterocycles. The molecular formula is C19H23N. The third-order valence-electron chi connectivity index (χ3n) is 4.13. The van der Waals surface area contributed by atoms with Gasteiger partial charge in [-0.2, -0.15) is 0 Å². The quantitative estimate of drug-likeness (QED) is 0.867. The lowest BCUT2D eigenvalue weighted by molar-refractivity contribution is 0.589. The van der Waals surface area contributed by atoms with E-state index in [2.05, 4.69) is 61.6 Å². The lowest BCUT2D eigenvalue weighted by Gasteiger charge is -2.13. The Balaban J connectivity index is 1.93. The van der Waals surface area contributed by atoms with Crippen molar-refractivity contribution in [2.75, 3.05) is 0 Å². The number of nitrogens with one attached hydrogen (secondary N) is 1. The second-order valence-corrected chi connectivity index (χ2v) is 6.03. The first kappa shape index (κ1) is 13.4. The normalized spacial score (nSPS) is 13.8. The summed E-state index contributed by atoms with van der Waals surface area (Å²) in [7, 11) is 0. The summed E-state index contributed by atoms with van der Waals surface area (Å²) in [6, 6.07) is 16.3. The number of rotatable bonds is 4. The van der Waals surface area contributed by atoms with Crippen molar-refractivity contribution in [2.45, 2.75) is 45.7 Å². The van der Waals surface area contributed by atoms with E-state index in [1.165, 1.54) is 36.0 Å². The van der Waals surface area contributed by atoms with Crippen LogP contribution in [0.5, 0.6) is 0 Å². The highest BCUT2D eigenvalue weighted by atomic mass is 14.9. The second kappa shape index (κ2) is 5.80. The predicted molar refractivity (Wildman–Crippen MR) is 85.9 cm³/mol. The van der Waals surface area contributed by atoms with Crippen LogP contribution in [0.4, 0.5) is 0 Å². The minimum atomic E-state index is 0.517. The van der Waals surface area contributed by atoms with Gasteiger partial charge < -0.3 is 5.32 Å². The Hall–Kier alpha value is -1.60. The second-order valence-electron chi connectivity index (χ2n) is 6.03. The van der Waals surface area contributed by atoms with Gasteiger partial charge in [-0.1, -0.05) is 56.3 Å². The maximum atomic E-state index is 3.52. The van der Waals surface area contributed by atoms with E-state index in [1.54, 1.807) is 11.1 Å². The average molecular weight is 265 g/mol. The molecule has 0 fully saturated rings. The Labute approximate surface area is 122 Å². The number of hydrogen-bond donors (Lipinski definition) is 1. The average Bonchev–Trinajstić information content (AvgIpc) is 2.92. The number of fused-ring (bicyclic) bond motifs is 1. The summed E-state index contributed by atoms with van der Waals surface area (Å²) in [5.41, 5.74) is 7.22. The summed E-state index contributed by atoms with van der Waals surface area (Å²) in [4.78, 5) is 0. The highest BCUT2D eigenvalue weighted by Crippen LogP contribution is 2.29. The molecule has 2 aromatic rings. The largest absolute Gasteiger partial charge is 0.310 e. The van der Waals surface area contributed by atoms with Crippen molar-refractivity contribution in [3.8, 4) is 11.1 Å². The molecule has 1 N–H and O–H groups in total. The predicted octanol–water partition coefficient (Wildman–Crippen LogP) is 4.34. The van der Waals surface area contributed by atoms with E-state index in [0.29, 0.717) is 6.04 Å². The summed E-state index contributed by atoms with van der Waals surface area (Å²) in [6.07, 6.45) is 3.82. The Kier molecular flexibility index (Phi) is 3.88. The fourth-order valence-electron chi connectivity index (χ4n) is 3.01. The summed E-state index contributed by atoms with van der Waals surface area (Å²) in [6.45, 7) is 5.32. The molecule has 0 spiro atoms. The first-order valence-corrected chi connectivity index (χ1v) is 7.67. The van der Waals surface area contributed by atoms with Gasteiger partial charge in [-0.05, 0) is 47.1 Å². The summed E-state index contributed by atoms with van der Waals surface area (Å²) < 4.78 is 0. The maximum absolute atomic E-state index is 3.52. The standard InChI is InChI=1S/C19H23N/c1-14(2)20-13-18-6-3-4-9-19(18)17-11-10-15-7-5-8-16(15)12-17/h3-4,6,9-12,14,20H,5,7-8,13H2,1-2H3. The fourth-order valence-corrected chi connectivity index (χ4v) is 3.01. The van der Waals surface area contributed by atoms with Crippen molar-refractivity contribution < 1.29 is 0 Å². The van der Waals surface area contributed by atoms with E-state index in [-0.39, 0.29) is 0 Å². The molecular weight excluding hydrogens is 242 g/mol. The van der Waals surface area contributed by atoms with Crippen molar-refractivity contribution >= 4 is 0 Å². The fraction of sp³-hybridized carbons (Fsp3) is 0.368. The highest BCUT2D eigenvalue weighted by molar-refractivity contribution is 5.68. The van der Waals surface area contributed by atoms with Crippen molar-refractivity contribution in [2.24, 2.45) is 0 Å². The van der Waals surface area contributed by atoms with Crippen LogP contribution in [0, 0.1) is 0 Å². The van der Waals surface area contributed by atoms with Gasteiger partial charge >= 0.3 is 0 Å². The van der Waals surface area contributed by atoms with E-state index in [4.69, 9.17) is 0 Å². The van der Waals surface area contributed by atoms with Crippen LogP contribution in [-0.4, -0.2) is 6.04 Å². The summed E-state index contributed by atoms with van der Waals surface area (Å²) >= 11 is 0. The Morgan fingerprint density at radius 3 is 2.65 bits per heavy atom. The van der Waals surface area contributed by atoms with E-state index in [9.17, 15) is 0 Å². The van der Waals surface area contributed by atoms with Crippen LogP contribution in [0.3, 0.4) is 0 Å². The van der Waals surface area contributed by atoms with Crippen LogP contribution in [0.1, 0.15) is 37.0 Å². The zero-order valence-corrected chi connectivity index (χ0v) is 12.4. The number of aryl methyl sites for hydroxylation is 2. The topological polar surface area (TPSA) is 12.0 Å². The Morgan fingerprint density at radius 2 is 1.80 bits per heavy atom. The molecule has 3 rings (SSSR count). The third kappa shape index (κ3) is 2.78. The van der Waals surface area contributed by atoms with Crippen LogP contribution in [0.15, 0.2) is 42.5 Å². The van der Waals surface area contributed by atoms with Crippen LogP contribution >= 0.6 is 0 Å². The molecule has 104 valence electrons. The molecule has 0 radical (unpaired) electrons. The first-order chi connectivity index (χ1) is 9.74. The van der Waals surface area contributed by atoms with Crippen LogP contribution < -0.4 is 5.32 Å². The monoisotopic (exact) mass is 265 g/mol. The molecule has 0 saturated heterocycles. The molecule has 0 saturated carbocycles. The van der Waals surface area contributed by atoms with Gasteiger partial charge in [0.05, 0.1) is 0 Å². The summed E-state index contributed by atoms with van der Waals surface area (Å²) in [5, 5.41) is 3.52. The van der Waals surface area contributed by atoms with Crippen molar-refractivity contribution in [1.82, 2.24) is 5.32 Å². The van der Waals surface area contributed by atoms with Gasteiger partial charge in [0.15, 0.2) is 0 Å². The Bertz CT molecular complexity index is 598. The van der Waals surface area contributed by atoms with Crippen LogP contribution in [-0.2, 0) is 19.4 Å². The van der Waals surface area contributed by atoms with E-state index >= 15 is 0 Å².